The zero-order valence-corrected chi connectivity index (χ0v) is 15.4. The SMILES string of the molecule is COCC(Cc1ccc(Br)cc1)(C(N)=O)N(C=O)OC(C)(C)C. The number of benzene rings is 1. The second-order valence-electron chi connectivity index (χ2n) is 6.27. The molecule has 0 aliphatic heterocycles. The van der Waals surface area contributed by atoms with Gasteiger partial charge in [-0.25, -0.2) is 5.06 Å². The Hall–Kier alpha value is -1.44. The monoisotopic (exact) mass is 386 g/mol. The maximum Gasteiger partial charge on any atom is 0.248 e. The van der Waals surface area contributed by atoms with E-state index in [-0.39, 0.29) is 13.0 Å². The molecule has 7 heteroatoms. The van der Waals surface area contributed by atoms with E-state index >= 15 is 0 Å². The lowest BCUT2D eigenvalue weighted by atomic mass is 9.90. The summed E-state index contributed by atoms with van der Waals surface area (Å²) in [5.41, 5.74) is 4.34. The van der Waals surface area contributed by atoms with Crippen LogP contribution in [0.25, 0.3) is 0 Å². The van der Waals surface area contributed by atoms with Gasteiger partial charge in [0.15, 0.2) is 5.54 Å². The second kappa shape index (κ2) is 7.90. The van der Waals surface area contributed by atoms with Crippen LogP contribution in [0.15, 0.2) is 28.7 Å². The molecule has 0 bridgehead atoms. The van der Waals surface area contributed by atoms with E-state index in [0.29, 0.717) is 6.41 Å². The number of hydroxylamine groups is 2. The molecule has 6 nitrogen and oxygen atoms in total. The maximum atomic E-state index is 12.2. The molecule has 0 saturated carbocycles. The van der Waals surface area contributed by atoms with Crippen molar-refractivity contribution in [1.82, 2.24) is 5.06 Å². The number of hydrogen-bond donors (Lipinski definition) is 1. The van der Waals surface area contributed by atoms with E-state index in [9.17, 15) is 9.59 Å². The number of carbonyl (C=O) groups excluding carboxylic acids is 2. The fraction of sp³-hybridized carbons (Fsp3) is 0.500. The summed E-state index contributed by atoms with van der Waals surface area (Å²) < 4.78 is 6.08. The molecule has 1 atom stereocenters. The van der Waals surface area contributed by atoms with Gasteiger partial charge in [0.2, 0.25) is 12.3 Å². The van der Waals surface area contributed by atoms with Crippen LogP contribution in [0.4, 0.5) is 0 Å². The molecule has 0 aliphatic carbocycles. The summed E-state index contributed by atoms with van der Waals surface area (Å²) in [4.78, 5) is 29.4. The van der Waals surface area contributed by atoms with Gasteiger partial charge in [-0.2, -0.15) is 0 Å². The largest absolute Gasteiger partial charge is 0.382 e. The second-order valence-corrected chi connectivity index (χ2v) is 7.18. The minimum absolute atomic E-state index is 0.0762. The van der Waals surface area contributed by atoms with E-state index in [4.69, 9.17) is 15.3 Å². The van der Waals surface area contributed by atoms with Crippen molar-refractivity contribution >= 4 is 28.2 Å². The first-order valence-electron chi connectivity index (χ1n) is 7.11. The number of rotatable bonds is 8. The van der Waals surface area contributed by atoms with Gasteiger partial charge in [-0.05, 0) is 38.5 Å². The number of ether oxygens (including phenoxy) is 1. The van der Waals surface area contributed by atoms with Crippen molar-refractivity contribution in [3.05, 3.63) is 34.3 Å². The molecule has 0 aliphatic rings. The normalized spacial score (nSPS) is 14.1. The molecule has 0 fully saturated rings. The average molecular weight is 387 g/mol. The van der Waals surface area contributed by atoms with Crippen molar-refractivity contribution in [3.8, 4) is 0 Å². The Morgan fingerprint density at radius 2 is 1.87 bits per heavy atom. The molecule has 0 radical (unpaired) electrons. The van der Waals surface area contributed by atoms with Crippen LogP contribution in [0, 0.1) is 0 Å². The van der Waals surface area contributed by atoms with Crippen LogP contribution < -0.4 is 5.73 Å². The first-order chi connectivity index (χ1) is 10.6. The van der Waals surface area contributed by atoms with Crippen LogP contribution in [0.5, 0.6) is 0 Å². The van der Waals surface area contributed by atoms with Crippen molar-refractivity contribution < 1.29 is 19.2 Å². The molecule has 128 valence electrons. The first-order valence-corrected chi connectivity index (χ1v) is 7.91. The van der Waals surface area contributed by atoms with Gasteiger partial charge in [0, 0.05) is 18.0 Å². The lowest BCUT2D eigenvalue weighted by Crippen LogP contribution is -2.62. The van der Waals surface area contributed by atoms with Gasteiger partial charge in [-0.15, -0.1) is 0 Å². The zero-order valence-electron chi connectivity index (χ0n) is 13.8. The third-order valence-corrected chi connectivity index (χ3v) is 3.67. The number of nitrogens with two attached hydrogens (primary N) is 1. The van der Waals surface area contributed by atoms with Crippen molar-refractivity contribution in [2.24, 2.45) is 5.73 Å². The van der Waals surface area contributed by atoms with E-state index in [1.54, 1.807) is 20.8 Å². The maximum absolute atomic E-state index is 12.2. The molecule has 23 heavy (non-hydrogen) atoms. The number of primary amides is 1. The fourth-order valence-electron chi connectivity index (χ4n) is 2.14. The van der Waals surface area contributed by atoms with Gasteiger partial charge < -0.3 is 10.5 Å². The number of hydrogen-bond acceptors (Lipinski definition) is 4. The summed E-state index contributed by atoms with van der Waals surface area (Å²) >= 11 is 3.36. The summed E-state index contributed by atoms with van der Waals surface area (Å²) in [6, 6.07) is 7.39. The molecular formula is C16H23BrN2O4. The van der Waals surface area contributed by atoms with Crippen LogP contribution in [-0.4, -0.2) is 42.2 Å². The first kappa shape index (κ1) is 19.6. The molecule has 2 amide bonds. The Labute approximate surface area is 145 Å². The Morgan fingerprint density at radius 1 is 1.30 bits per heavy atom. The molecule has 0 saturated heterocycles. The Morgan fingerprint density at radius 3 is 2.26 bits per heavy atom. The summed E-state index contributed by atoms with van der Waals surface area (Å²) in [5, 5.41) is 0.973. The van der Waals surface area contributed by atoms with Crippen LogP contribution in [0.3, 0.4) is 0 Å². The Balaban J connectivity index is 3.26. The summed E-state index contributed by atoms with van der Waals surface area (Å²) in [6.45, 7) is 5.26. The lowest BCUT2D eigenvalue weighted by Gasteiger charge is -2.40. The van der Waals surface area contributed by atoms with Crippen molar-refractivity contribution in [2.75, 3.05) is 13.7 Å². The molecule has 0 heterocycles. The predicted molar refractivity (Wildman–Crippen MR) is 90.4 cm³/mol. The predicted octanol–water partition coefficient (Wildman–Crippen LogP) is 2.05. The third kappa shape index (κ3) is 5.30. The van der Waals surface area contributed by atoms with Crippen molar-refractivity contribution in [1.29, 1.82) is 0 Å². The summed E-state index contributed by atoms with van der Waals surface area (Å²) in [6.07, 6.45) is 0.645. The fourth-order valence-corrected chi connectivity index (χ4v) is 2.41. The molecule has 1 aromatic rings. The summed E-state index contributed by atoms with van der Waals surface area (Å²) in [5.74, 6) is -0.696. The molecule has 2 N–H and O–H groups in total. The number of amides is 2. The van der Waals surface area contributed by atoms with Crippen LogP contribution in [-0.2, 0) is 25.6 Å². The number of methoxy groups -OCH3 is 1. The van der Waals surface area contributed by atoms with Gasteiger partial charge in [0.1, 0.15) is 0 Å². The quantitative estimate of drug-likeness (QED) is 0.547. The molecule has 0 spiro atoms. The average Bonchev–Trinajstić information content (AvgIpc) is 2.45. The van der Waals surface area contributed by atoms with Crippen molar-refractivity contribution in [3.63, 3.8) is 0 Å². The smallest absolute Gasteiger partial charge is 0.248 e. The van der Waals surface area contributed by atoms with Gasteiger partial charge in [-0.1, -0.05) is 28.1 Å². The Bertz CT molecular complexity index is 542. The lowest BCUT2D eigenvalue weighted by molar-refractivity contribution is -0.257. The van der Waals surface area contributed by atoms with Gasteiger partial charge in [0.05, 0.1) is 12.2 Å². The highest BCUT2D eigenvalue weighted by Crippen LogP contribution is 2.25. The van der Waals surface area contributed by atoms with Crippen LogP contribution in [0.2, 0.25) is 0 Å². The van der Waals surface area contributed by atoms with Gasteiger partial charge in [0.25, 0.3) is 0 Å². The highest BCUT2D eigenvalue weighted by Gasteiger charge is 2.45. The van der Waals surface area contributed by atoms with Crippen molar-refractivity contribution in [2.45, 2.75) is 38.3 Å². The van der Waals surface area contributed by atoms with Gasteiger partial charge in [-0.3, -0.25) is 14.4 Å². The van der Waals surface area contributed by atoms with Crippen LogP contribution in [0.1, 0.15) is 26.3 Å². The molecule has 1 rings (SSSR count). The molecule has 1 unspecified atom stereocenters. The topological polar surface area (TPSA) is 81.9 Å². The highest BCUT2D eigenvalue weighted by atomic mass is 79.9. The third-order valence-electron chi connectivity index (χ3n) is 3.14. The van der Waals surface area contributed by atoms with E-state index < -0.39 is 17.0 Å². The minimum atomic E-state index is -1.43. The molecule has 0 aromatic heterocycles. The molecular weight excluding hydrogens is 364 g/mol. The van der Waals surface area contributed by atoms with E-state index in [1.165, 1.54) is 7.11 Å². The minimum Gasteiger partial charge on any atom is -0.382 e. The number of carbonyl (C=O) groups is 2. The van der Waals surface area contributed by atoms with E-state index in [2.05, 4.69) is 15.9 Å². The standard InChI is InChI=1S/C16H23BrN2O4/c1-15(2,3)23-19(11-20)16(10-22-4,14(18)21)9-12-5-7-13(17)8-6-12/h5-8,11H,9-10H2,1-4H3,(H2,18,21). The molecule has 1 aromatic carbocycles. The van der Waals surface area contributed by atoms with E-state index in [1.807, 2.05) is 24.3 Å². The zero-order chi connectivity index (χ0) is 17.7. The highest BCUT2D eigenvalue weighted by molar-refractivity contribution is 9.10. The van der Waals surface area contributed by atoms with Gasteiger partial charge >= 0.3 is 0 Å². The number of nitrogens with zero attached hydrogens (tertiary/aromatic N) is 1. The van der Waals surface area contributed by atoms with E-state index in [0.717, 1.165) is 15.1 Å². The Kier molecular flexibility index (Phi) is 6.73. The summed E-state index contributed by atoms with van der Waals surface area (Å²) in [7, 11) is 1.44. The number of halogens is 1. The van der Waals surface area contributed by atoms with Crippen LogP contribution >= 0.6 is 15.9 Å².